The van der Waals surface area contributed by atoms with Crippen LogP contribution in [0.5, 0.6) is 0 Å². The monoisotopic (exact) mass is 242 g/mol. The number of aromatic nitrogens is 2. The Morgan fingerprint density at radius 1 is 1.22 bits per heavy atom. The van der Waals surface area contributed by atoms with E-state index >= 15 is 0 Å². The predicted molar refractivity (Wildman–Crippen MR) is 73.2 cm³/mol. The maximum absolute atomic E-state index is 5.64. The van der Waals surface area contributed by atoms with Crippen LogP contribution in [0, 0.1) is 6.92 Å². The van der Waals surface area contributed by atoms with Crippen LogP contribution >= 0.6 is 0 Å². The fourth-order valence-corrected chi connectivity index (χ4v) is 1.82. The molecule has 0 amide bonds. The van der Waals surface area contributed by atoms with Crippen LogP contribution in [0.25, 0.3) is 0 Å². The number of nitrogens with two attached hydrogens (primary N) is 1. The van der Waals surface area contributed by atoms with E-state index in [1.165, 1.54) is 5.56 Å². The van der Waals surface area contributed by atoms with Crippen LogP contribution in [-0.4, -0.2) is 17.0 Å². The molecule has 0 radical (unpaired) electrons. The third-order valence-electron chi connectivity index (χ3n) is 2.77. The van der Waals surface area contributed by atoms with E-state index in [0.29, 0.717) is 6.54 Å². The van der Waals surface area contributed by atoms with E-state index < -0.39 is 0 Å². The van der Waals surface area contributed by atoms with Gasteiger partial charge in [-0.2, -0.15) is 0 Å². The van der Waals surface area contributed by atoms with Crippen molar-refractivity contribution in [2.45, 2.75) is 20.0 Å². The number of aryl methyl sites for hydroxylation is 1. The van der Waals surface area contributed by atoms with Crippen molar-refractivity contribution in [1.29, 1.82) is 0 Å². The smallest absolute Gasteiger partial charge is 0.225 e. The van der Waals surface area contributed by atoms with Gasteiger partial charge in [0.25, 0.3) is 0 Å². The fraction of sp³-hybridized carbons (Fsp3) is 0.286. The highest BCUT2D eigenvalue weighted by molar-refractivity contribution is 5.32. The molecule has 4 heteroatoms. The first-order chi connectivity index (χ1) is 8.69. The van der Waals surface area contributed by atoms with E-state index in [1.807, 2.05) is 37.1 Å². The molecular weight excluding hydrogens is 224 g/mol. The Morgan fingerprint density at radius 2 is 2.00 bits per heavy atom. The molecule has 0 saturated heterocycles. The topological polar surface area (TPSA) is 55.0 Å². The fourth-order valence-electron chi connectivity index (χ4n) is 1.82. The van der Waals surface area contributed by atoms with Gasteiger partial charge in [-0.1, -0.05) is 24.3 Å². The second-order valence-corrected chi connectivity index (χ2v) is 4.38. The second-order valence-electron chi connectivity index (χ2n) is 4.38. The molecule has 0 fully saturated rings. The standard InChI is InChI=1S/C14H18N4/c1-11-6-7-16-14(17-11)18(2)10-13-5-3-4-12(8-13)9-15/h3-8H,9-10,15H2,1-2H3. The highest BCUT2D eigenvalue weighted by Gasteiger charge is 2.05. The van der Waals surface area contributed by atoms with Crippen LogP contribution < -0.4 is 10.6 Å². The van der Waals surface area contributed by atoms with Crippen molar-refractivity contribution in [2.24, 2.45) is 5.73 Å². The Hall–Kier alpha value is -1.94. The number of anilines is 1. The SMILES string of the molecule is Cc1ccnc(N(C)Cc2cccc(CN)c2)n1. The van der Waals surface area contributed by atoms with Crippen LogP contribution in [0.2, 0.25) is 0 Å². The lowest BCUT2D eigenvalue weighted by Crippen LogP contribution is -2.19. The maximum atomic E-state index is 5.64. The Morgan fingerprint density at radius 3 is 2.72 bits per heavy atom. The van der Waals surface area contributed by atoms with Crippen molar-refractivity contribution in [2.75, 3.05) is 11.9 Å². The molecule has 0 unspecified atom stereocenters. The van der Waals surface area contributed by atoms with E-state index in [-0.39, 0.29) is 0 Å². The highest BCUT2D eigenvalue weighted by Crippen LogP contribution is 2.11. The summed E-state index contributed by atoms with van der Waals surface area (Å²) in [5.74, 6) is 0.744. The molecule has 0 bridgehead atoms. The number of hydrogen-bond donors (Lipinski definition) is 1. The van der Waals surface area contributed by atoms with E-state index in [4.69, 9.17) is 5.73 Å². The van der Waals surface area contributed by atoms with Crippen molar-refractivity contribution in [3.63, 3.8) is 0 Å². The van der Waals surface area contributed by atoms with Gasteiger partial charge in [-0.05, 0) is 24.1 Å². The molecule has 18 heavy (non-hydrogen) atoms. The van der Waals surface area contributed by atoms with Crippen LogP contribution in [-0.2, 0) is 13.1 Å². The summed E-state index contributed by atoms with van der Waals surface area (Å²) in [4.78, 5) is 10.7. The minimum atomic E-state index is 0.568. The summed E-state index contributed by atoms with van der Waals surface area (Å²) < 4.78 is 0. The summed E-state index contributed by atoms with van der Waals surface area (Å²) in [7, 11) is 1.99. The minimum Gasteiger partial charge on any atom is -0.340 e. The zero-order valence-electron chi connectivity index (χ0n) is 10.8. The predicted octanol–water partition coefficient (Wildman–Crippen LogP) is 1.88. The summed E-state index contributed by atoms with van der Waals surface area (Å²) >= 11 is 0. The number of rotatable bonds is 4. The van der Waals surface area contributed by atoms with Crippen molar-refractivity contribution >= 4 is 5.95 Å². The summed E-state index contributed by atoms with van der Waals surface area (Å²) in [6.07, 6.45) is 1.78. The summed E-state index contributed by atoms with van der Waals surface area (Å²) in [5, 5.41) is 0. The first-order valence-electron chi connectivity index (χ1n) is 5.97. The molecule has 2 rings (SSSR count). The molecule has 0 aliphatic carbocycles. The summed E-state index contributed by atoms with van der Waals surface area (Å²) in [5.41, 5.74) is 8.97. The lowest BCUT2D eigenvalue weighted by molar-refractivity contribution is 0.857. The molecule has 1 aromatic carbocycles. The highest BCUT2D eigenvalue weighted by atomic mass is 15.2. The first-order valence-corrected chi connectivity index (χ1v) is 5.97. The maximum Gasteiger partial charge on any atom is 0.225 e. The van der Waals surface area contributed by atoms with Gasteiger partial charge >= 0.3 is 0 Å². The zero-order chi connectivity index (χ0) is 13.0. The lowest BCUT2D eigenvalue weighted by atomic mass is 10.1. The van der Waals surface area contributed by atoms with Gasteiger partial charge in [0.15, 0.2) is 0 Å². The van der Waals surface area contributed by atoms with Gasteiger partial charge in [0.1, 0.15) is 0 Å². The van der Waals surface area contributed by atoms with Gasteiger partial charge in [0.2, 0.25) is 5.95 Å². The van der Waals surface area contributed by atoms with Gasteiger partial charge in [-0.15, -0.1) is 0 Å². The van der Waals surface area contributed by atoms with E-state index in [2.05, 4.69) is 22.1 Å². The minimum absolute atomic E-state index is 0.568. The molecule has 0 atom stereocenters. The largest absolute Gasteiger partial charge is 0.340 e. The van der Waals surface area contributed by atoms with Crippen molar-refractivity contribution in [3.05, 3.63) is 53.3 Å². The molecule has 0 aliphatic rings. The molecular formula is C14H18N4. The second kappa shape index (κ2) is 5.60. The van der Waals surface area contributed by atoms with Crippen molar-refractivity contribution in [3.8, 4) is 0 Å². The zero-order valence-corrected chi connectivity index (χ0v) is 10.8. The molecule has 0 saturated carbocycles. The third kappa shape index (κ3) is 3.05. The van der Waals surface area contributed by atoms with E-state index in [0.717, 1.165) is 23.8 Å². The first kappa shape index (κ1) is 12.5. The van der Waals surface area contributed by atoms with Gasteiger partial charge < -0.3 is 10.6 Å². The number of hydrogen-bond acceptors (Lipinski definition) is 4. The molecule has 0 aliphatic heterocycles. The average Bonchev–Trinajstić information content (AvgIpc) is 2.39. The van der Waals surface area contributed by atoms with Crippen molar-refractivity contribution in [1.82, 2.24) is 9.97 Å². The molecule has 4 nitrogen and oxygen atoms in total. The summed E-state index contributed by atoms with van der Waals surface area (Å²) in [6.45, 7) is 3.31. The van der Waals surface area contributed by atoms with Crippen LogP contribution in [0.15, 0.2) is 36.5 Å². The van der Waals surface area contributed by atoms with E-state index in [1.54, 1.807) is 6.20 Å². The van der Waals surface area contributed by atoms with Gasteiger partial charge in [-0.3, -0.25) is 0 Å². The molecule has 0 spiro atoms. The molecule has 2 aromatic rings. The Kier molecular flexibility index (Phi) is 3.89. The normalized spacial score (nSPS) is 10.4. The molecule has 1 aromatic heterocycles. The Labute approximate surface area is 107 Å². The van der Waals surface area contributed by atoms with Gasteiger partial charge in [-0.25, -0.2) is 9.97 Å². The number of nitrogens with zero attached hydrogens (tertiary/aromatic N) is 3. The Bertz CT molecular complexity index is 525. The third-order valence-corrected chi connectivity index (χ3v) is 2.77. The lowest BCUT2D eigenvalue weighted by Gasteiger charge is -2.17. The Balaban J connectivity index is 2.13. The van der Waals surface area contributed by atoms with Crippen molar-refractivity contribution < 1.29 is 0 Å². The average molecular weight is 242 g/mol. The van der Waals surface area contributed by atoms with Crippen LogP contribution in [0.1, 0.15) is 16.8 Å². The molecule has 94 valence electrons. The van der Waals surface area contributed by atoms with Gasteiger partial charge in [0, 0.05) is 32.0 Å². The van der Waals surface area contributed by atoms with Gasteiger partial charge in [0.05, 0.1) is 0 Å². The summed E-state index contributed by atoms with van der Waals surface area (Å²) in [6, 6.07) is 10.2. The van der Waals surface area contributed by atoms with Crippen LogP contribution in [0.3, 0.4) is 0 Å². The quantitative estimate of drug-likeness (QED) is 0.889. The van der Waals surface area contributed by atoms with E-state index in [9.17, 15) is 0 Å². The molecule has 1 heterocycles. The number of benzene rings is 1. The molecule has 2 N–H and O–H groups in total. The van der Waals surface area contributed by atoms with Crippen LogP contribution in [0.4, 0.5) is 5.95 Å².